The number of ether oxygens (including phenoxy) is 2. The molecule has 2 aliphatic heterocycles. The molecule has 0 aromatic carbocycles. The van der Waals surface area contributed by atoms with Crippen molar-refractivity contribution in [3.63, 3.8) is 0 Å². The third-order valence-electron chi connectivity index (χ3n) is 6.73. The van der Waals surface area contributed by atoms with Crippen LogP contribution in [-0.2, 0) is 10.2 Å². The summed E-state index contributed by atoms with van der Waals surface area (Å²) in [5.41, 5.74) is 2.00. The quantitative estimate of drug-likeness (QED) is 0.726. The van der Waals surface area contributed by atoms with Gasteiger partial charge in [0.2, 0.25) is 5.88 Å². The molecule has 0 radical (unpaired) electrons. The average molecular weight is 467 g/mol. The Kier molecular flexibility index (Phi) is 6.51. The molecule has 1 spiro atoms. The number of nitrogens with one attached hydrogen (secondary N) is 1. The third-order valence-corrected chi connectivity index (χ3v) is 6.73. The van der Waals surface area contributed by atoms with Crippen molar-refractivity contribution in [1.29, 1.82) is 0 Å². The van der Waals surface area contributed by atoms with Gasteiger partial charge in [0.1, 0.15) is 11.3 Å². The highest BCUT2D eigenvalue weighted by molar-refractivity contribution is 5.96. The van der Waals surface area contributed by atoms with Crippen molar-refractivity contribution in [2.24, 2.45) is 5.92 Å². The molecule has 1 saturated heterocycles. The van der Waals surface area contributed by atoms with E-state index in [0.717, 1.165) is 24.0 Å². The number of hydrogen-bond acceptors (Lipinski definition) is 6. The molecule has 2 amide bonds. The van der Waals surface area contributed by atoms with Gasteiger partial charge in [-0.05, 0) is 63.8 Å². The Morgan fingerprint density at radius 2 is 2.06 bits per heavy atom. The lowest BCUT2D eigenvalue weighted by atomic mass is 9.63. The summed E-state index contributed by atoms with van der Waals surface area (Å²) in [4.78, 5) is 36.6. The summed E-state index contributed by atoms with van der Waals surface area (Å²) in [6, 6.07) is 7.72. The summed E-state index contributed by atoms with van der Waals surface area (Å²) in [6.07, 6.45) is 3.00. The maximum atomic E-state index is 12.9. The minimum atomic E-state index is -0.535. The van der Waals surface area contributed by atoms with E-state index in [4.69, 9.17) is 14.5 Å². The molecule has 4 heterocycles. The maximum Gasteiger partial charge on any atom is 0.410 e. The molecular formula is C26H34N4O4. The van der Waals surface area contributed by atoms with Crippen molar-refractivity contribution >= 4 is 12.0 Å². The molecular weight excluding hydrogens is 432 g/mol. The third kappa shape index (κ3) is 4.45. The van der Waals surface area contributed by atoms with Gasteiger partial charge < -0.3 is 19.7 Å². The summed E-state index contributed by atoms with van der Waals surface area (Å²) in [6.45, 7) is 11.9. The predicted octanol–water partition coefficient (Wildman–Crippen LogP) is 4.19. The molecule has 182 valence electrons. The van der Waals surface area contributed by atoms with E-state index in [-0.39, 0.29) is 23.3 Å². The van der Waals surface area contributed by atoms with E-state index in [1.165, 1.54) is 0 Å². The molecule has 0 aliphatic carbocycles. The Morgan fingerprint density at radius 1 is 1.26 bits per heavy atom. The van der Waals surface area contributed by atoms with Gasteiger partial charge in [-0.1, -0.05) is 19.4 Å². The van der Waals surface area contributed by atoms with Crippen LogP contribution in [0.2, 0.25) is 0 Å². The first-order valence-electron chi connectivity index (χ1n) is 12.0. The topological polar surface area (TPSA) is 93.6 Å². The second-order valence-electron chi connectivity index (χ2n) is 10.0. The summed E-state index contributed by atoms with van der Waals surface area (Å²) >= 11 is 0. The zero-order valence-electron chi connectivity index (χ0n) is 20.7. The van der Waals surface area contributed by atoms with Gasteiger partial charge >= 0.3 is 6.09 Å². The number of carbonyl (C=O) groups is 2. The van der Waals surface area contributed by atoms with Crippen LogP contribution < -0.4 is 10.1 Å². The summed E-state index contributed by atoms with van der Waals surface area (Å²) in [5.74, 6) is 0.493. The molecule has 34 heavy (non-hydrogen) atoms. The number of nitrogens with zero attached hydrogens (tertiary/aromatic N) is 3. The molecule has 8 nitrogen and oxygen atoms in total. The molecule has 4 rings (SSSR count). The Balaban J connectivity index is 1.68. The first-order valence-corrected chi connectivity index (χ1v) is 12.0. The van der Waals surface area contributed by atoms with Crippen LogP contribution in [0.15, 0.2) is 30.5 Å². The normalized spacial score (nSPS) is 22.2. The van der Waals surface area contributed by atoms with Gasteiger partial charge in [0.05, 0.1) is 17.9 Å². The van der Waals surface area contributed by atoms with Crippen molar-refractivity contribution in [2.75, 3.05) is 26.2 Å². The average Bonchev–Trinajstić information content (AvgIpc) is 2.81. The van der Waals surface area contributed by atoms with E-state index < -0.39 is 5.60 Å². The zero-order valence-corrected chi connectivity index (χ0v) is 20.7. The minimum Gasteiger partial charge on any atom is -0.477 e. The highest BCUT2D eigenvalue weighted by atomic mass is 16.6. The van der Waals surface area contributed by atoms with Crippen molar-refractivity contribution in [2.45, 2.75) is 58.5 Å². The summed E-state index contributed by atoms with van der Waals surface area (Å²) < 4.78 is 11.3. The lowest BCUT2D eigenvalue weighted by Gasteiger charge is -2.50. The number of amides is 2. The number of piperidine rings is 1. The summed E-state index contributed by atoms with van der Waals surface area (Å²) in [7, 11) is 0. The minimum absolute atomic E-state index is 0.165. The lowest BCUT2D eigenvalue weighted by Crippen LogP contribution is -2.59. The Morgan fingerprint density at radius 3 is 2.76 bits per heavy atom. The van der Waals surface area contributed by atoms with Gasteiger partial charge in [-0.2, -0.15) is 0 Å². The van der Waals surface area contributed by atoms with Crippen molar-refractivity contribution in [3.8, 4) is 17.1 Å². The van der Waals surface area contributed by atoms with Crippen LogP contribution in [0.3, 0.4) is 0 Å². The molecule has 8 heteroatoms. The fourth-order valence-electron chi connectivity index (χ4n) is 5.11. The fourth-order valence-corrected chi connectivity index (χ4v) is 5.11. The number of carbonyl (C=O) groups excluding carboxylic acids is 2. The molecule has 2 aliphatic rings. The number of pyridine rings is 2. The number of fused-ring (bicyclic) bond motifs is 2. The zero-order chi connectivity index (χ0) is 24.5. The van der Waals surface area contributed by atoms with Crippen molar-refractivity contribution in [3.05, 3.63) is 41.7 Å². The highest BCUT2D eigenvalue weighted by Crippen LogP contribution is 2.45. The molecule has 0 bridgehead atoms. The molecule has 2 aromatic heterocycles. The van der Waals surface area contributed by atoms with Gasteiger partial charge in [-0.3, -0.25) is 4.79 Å². The molecule has 1 fully saturated rings. The van der Waals surface area contributed by atoms with E-state index in [9.17, 15) is 9.59 Å². The smallest absolute Gasteiger partial charge is 0.410 e. The van der Waals surface area contributed by atoms with Crippen LogP contribution in [-0.4, -0.2) is 58.7 Å². The van der Waals surface area contributed by atoms with Crippen LogP contribution in [0, 0.1) is 5.92 Å². The van der Waals surface area contributed by atoms with Crippen molar-refractivity contribution < 1.29 is 19.1 Å². The Bertz CT molecular complexity index is 1080. The summed E-state index contributed by atoms with van der Waals surface area (Å²) in [5, 5.41) is 3.08. The predicted molar refractivity (Wildman–Crippen MR) is 129 cm³/mol. The van der Waals surface area contributed by atoms with Crippen LogP contribution in [0.5, 0.6) is 5.88 Å². The maximum absolute atomic E-state index is 12.9. The van der Waals surface area contributed by atoms with E-state index >= 15 is 0 Å². The lowest BCUT2D eigenvalue weighted by molar-refractivity contribution is 0.00420. The number of aromatic nitrogens is 2. The molecule has 2 atom stereocenters. The second-order valence-corrected chi connectivity index (χ2v) is 10.0. The van der Waals surface area contributed by atoms with Crippen LogP contribution in [0.25, 0.3) is 11.3 Å². The largest absolute Gasteiger partial charge is 0.477 e. The van der Waals surface area contributed by atoms with E-state index in [0.29, 0.717) is 43.5 Å². The fraction of sp³-hybridized carbons (Fsp3) is 0.538. The second kappa shape index (κ2) is 9.24. The Labute approximate surface area is 201 Å². The SMILES string of the molecule is CCOc1ncccc1-c1ccc2c(n1)C(=O)NCC21CCN(C(=O)OC(C)(C)C)CC1CC. The number of likely N-dealkylation sites (tertiary alicyclic amines) is 1. The first-order chi connectivity index (χ1) is 16.2. The first kappa shape index (κ1) is 24.0. The van der Waals surface area contributed by atoms with E-state index in [1.807, 2.05) is 52.0 Å². The molecule has 1 N–H and O–H groups in total. The van der Waals surface area contributed by atoms with Crippen LogP contribution >= 0.6 is 0 Å². The Hall–Kier alpha value is -3.16. The van der Waals surface area contributed by atoms with E-state index in [2.05, 4.69) is 17.2 Å². The molecule has 0 saturated carbocycles. The van der Waals surface area contributed by atoms with Crippen molar-refractivity contribution in [1.82, 2.24) is 20.2 Å². The van der Waals surface area contributed by atoms with Gasteiger partial charge in [-0.25, -0.2) is 14.8 Å². The standard InChI is InChI=1S/C26H34N4O4/c1-6-17-15-30(24(32)34-25(3,4)5)14-12-26(17)16-28-22(31)21-19(26)10-11-20(29-21)18-9-8-13-27-23(18)33-7-2/h8-11,13,17H,6-7,12,14-16H2,1-5H3,(H,28,31). The van der Waals surface area contributed by atoms with Gasteiger partial charge in [0, 0.05) is 31.2 Å². The molecule has 2 aromatic rings. The number of rotatable bonds is 4. The molecule has 2 unspecified atom stereocenters. The van der Waals surface area contributed by atoms with E-state index in [1.54, 1.807) is 11.1 Å². The van der Waals surface area contributed by atoms with Crippen LogP contribution in [0.4, 0.5) is 4.79 Å². The van der Waals surface area contributed by atoms with Gasteiger partial charge in [0.25, 0.3) is 5.91 Å². The van der Waals surface area contributed by atoms with Crippen LogP contribution in [0.1, 0.15) is 63.5 Å². The van der Waals surface area contributed by atoms with Gasteiger partial charge in [0.15, 0.2) is 0 Å². The highest BCUT2D eigenvalue weighted by Gasteiger charge is 2.49. The number of hydrogen-bond donors (Lipinski definition) is 1. The van der Waals surface area contributed by atoms with Gasteiger partial charge in [-0.15, -0.1) is 0 Å². The monoisotopic (exact) mass is 466 g/mol.